The average molecular weight is 265 g/mol. The molecule has 108 valence electrons. The van der Waals surface area contributed by atoms with Crippen LogP contribution in [-0.2, 0) is 11.2 Å². The summed E-state index contributed by atoms with van der Waals surface area (Å²) in [6.07, 6.45) is 6.56. The first-order valence-corrected chi connectivity index (χ1v) is 7.45. The summed E-state index contributed by atoms with van der Waals surface area (Å²) in [6, 6.07) is 2.67. The second-order valence-corrected chi connectivity index (χ2v) is 5.86. The van der Waals surface area contributed by atoms with E-state index in [1.807, 2.05) is 7.05 Å². The van der Waals surface area contributed by atoms with Gasteiger partial charge in [0.2, 0.25) is 0 Å². The molecule has 1 aromatic heterocycles. The third kappa shape index (κ3) is 3.57. The van der Waals surface area contributed by atoms with Gasteiger partial charge < -0.3 is 10.1 Å². The van der Waals surface area contributed by atoms with Crippen LogP contribution in [-0.4, -0.2) is 36.6 Å². The molecule has 0 saturated carbocycles. The Morgan fingerprint density at radius 1 is 1.47 bits per heavy atom. The van der Waals surface area contributed by atoms with Crippen molar-refractivity contribution in [1.82, 2.24) is 15.1 Å². The predicted molar refractivity (Wildman–Crippen MR) is 77.3 cm³/mol. The lowest BCUT2D eigenvalue weighted by Gasteiger charge is -2.36. The van der Waals surface area contributed by atoms with E-state index in [1.54, 1.807) is 0 Å². The number of nitrogens with one attached hydrogen (secondary N) is 1. The summed E-state index contributed by atoms with van der Waals surface area (Å²) < 4.78 is 7.62. The van der Waals surface area contributed by atoms with Crippen LogP contribution in [0.3, 0.4) is 0 Å². The van der Waals surface area contributed by atoms with Crippen LogP contribution in [0.4, 0.5) is 0 Å². The van der Waals surface area contributed by atoms with Gasteiger partial charge in [0.05, 0.1) is 5.69 Å². The minimum atomic E-state index is 0.321. The lowest BCUT2D eigenvalue weighted by molar-refractivity contribution is 0.0153. The Morgan fingerprint density at radius 2 is 2.21 bits per heavy atom. The minimum absolute atomic E-state index is 0.321. The molecule has 2 heterocycles. The van der Waals surface area contributed by atoms with Gasteiger partial charge in [-0.25, -0.2) is 0 Å². The van der Waals surface area contributed by atoms with E-state index in [0.29, 0.717) is 11.5 Å². The molecule has 1 unspecified atom stereocenters. The average Bonchev–Trinajstić information content (AvgIpc) is 2.87. The number of hydrogen-bond donors (Lipinski definition) is 1. The maximum absolute atomic E-state index is 5.52. The molecule has 1 fully saturated rings. The first-order valence-electron chi connectivity index (χ1n) is 7.45. The van der Waals surface area contributed by atoms with E-state index in [4.69, 9.17) is 9.84 Å². The number of nitrogens with zero attached hydrogens (tertiary/aromatic N) is 2. The van der Waals surface area contributed by atoms with Gasteiger partial charge in [-0.1, -0.05) is 6.92 Å². The van der Waals surface area contributed by atoms with Gasteiger partial charge in [0, 0.05) is 32.0 Å². The van der Waals surface area contributed by atoms with Gasteiger partial charge >= 0.3 is 0 Å². The molecule has 1 N–H and O–H groups in total. The zero-order chi connectivity index (χ0) is 13.7. The highest BCUT2D eigenvalue weighted by Gasteiger charge is 2.32. The molecule has 1 saturated heterocycles. The second kappa shape index (κ2) is 6.53. The monoisotopic (exact) mass is 265 g/mol. The minimum Gasteiger partial charge on any atom is -0.381 e. The van der Waals surface area contributed by atoms with Gasteiger partial charge in [-0.15, -0.1) is 0 Å². The van der Waals surface area contributed by atoms with E-state index in [0.717, 1.165) is 45.4 Å². The molecular weight excluding hydrogens is 238 g/mol. The van der Waals surface area contributed by atoms with Crippen LogP contribution < -0.4 is 5.32 Å². The van der Waals surface area contributed by atoms with Gasteiger partial charge in [-0.3, -0.25) is 4.68 Å². The van der Waals surface area contributed by atoms with E-state index >= 15 is 0 Å². The molecule has 1 aliphatic rings. The SMILES string of the molecule is CCC(C)n1ccc(CC2(CNC)CCOCC2)n1. The summed E-state index contributed by atoms with van der Waals surface area (Å²) in [5.41, 5.74) is 1.54. The molecule has 19 heavy (non-hydrogen) atoms. The Morgan fingerprint density at radius 3 is 2.84 bits per heavy atom. The van der Waals surface area contributed by atoms with E-state index in [1.165, 1.54) is 5.69 Å². The molecule has 1 atom stereocenters. The van der Waals surface area contributed by atoms with Crippen LogP contribution in [0.5, 0.6) is 0 Å². The zero-order valence-electron chi connectivity index (χ0n) is 12.5. The second-order valence-electron chi connectivity index (χ2n) is 5.86. The molecule has 4 heteroatoms. The van der Waals surface area contributed by atoms with Crippen LogP contribution in [0, 0.1) is 5.41 Å². The Kier molecular flexibility index (Phi) is 4.99. The Labute approximate surface area is 116 Å². The molecular formula is C15H27N3O. The summed E-state index contributed by atoms with van der Waals surface area (Å²) in [7, 11) is 2.04. The lowest BCUT2D eigenvalue weighted by atomic mass is 9.76. The van der Waals surface area contributed by atoms with Crippen LogP contribution in [0.2, 0.25) is 0 Å². The Balaban J connectivity index is 2.06. The summed E-state index contributed by atoms with van der Waals surface area (Å²) in [5, 5.41) is 8.10. The van der Waals surface area contributed by atoms with Crippen molar-refractivity contribution in [2.45, 2.75) is 45.6 Å². The number of hydrogen-bond acceptors (Lipinski definition) is 3. The van der Waals surface area contributed by atoms with Crippen LogP contribution in [0.1, 0.15) is 44.8 Å². The fourth-order valence-electron chi connectivity index (χ4n) is 2.88. The summed E-state index contributed by atoms with van der Waals surface area (Å²) in [6.45, 7) is 7.23. The maximum atomic E-state index is 5.52. The Bertz CT molecular complexity index is 377. The summed E-state index contributed by atoms with van der Waals surface area (Å²) >= 11 is 0. The molecule has 0 radical (unpaired) electrons. The largest absolute Gasteiger partial charge is 0.381 e. The molecule has 0 amide bonds. The number of aromatic nitrogens is 2. The highest BCUT2D eigenvalue weighted by Crippen LogP contribution is 2.33. The zero-order valence-corrected chi connectivity index (χ0v) is 12.5. The molecule has 1 aromatic rings. The van der Waals surface area contributed by atoms with Gasteiger partial charge in [0.15, 0.2) is 0 Å². The van der Waals surface area contributed by atoms with Crippen molar-refractivity contribution in [3.63, 3.8) is 0 Å². The van der Waals surface area contributed by atoms with Crippen molar-refractivity contribution in [2.75, 3.05) is 26.8 Å². The standard InChI is InChI=1S/C15H27N3O/c1-4-13(2)18-8-5-14(17-18)11-15(12-16-3)6-9-19-10-7-15/h5,8,13,16H,4,6-7,9-12H2,1-3H3. The fourth-order valence-corrected chi connectivity index (χ4v) is 2.88. The number of rotatable bonds is 6. The third-order valence-corrected chi connectivity index (χ3v) is 4.37. The van der Waals surface area contributed by atoms with Gasteiger partial charge in [0.25, 0.3) is 0 Å². The van der Waals surface area contributed by atoms with Crippen molar-refractivity contribution in [2.24, 2.45) is 5.41 Å². The quantitative estimate of drug-likeness (QED) is 0.858. The number of ether oxygens (including phenoxy) is 1. The fraction of sp³-hybridized carbons (Fsp3) is 0.800. The first-order chi connectivity index (χ1) is 9.19. The van der Waals surface area contributed by atoms with E-state index < -0.39 is 0 Å². The van der Waals surface area contributed by atoms with Crippen molar-refractivity contribution >= 4 is 0 Å². The highest BCUT2D eigenvalue weighted by molar-refractivity contribution is 5.05. The topological polar surface area (TPSA) is 39.1 Å². The van der Waals surface area contributed by atoms with E-state index in [9.17, 15) is 0 Å². The van der Waals surface area contributed by atoms with Gasteiger partial charge in [-0.2, -0.15) is 5.10 Å². The van der Waals surface area contributed by atoms with Crippen molar-refractivity contribution < 1.29 is 4.74 Å². The molecule has 0 bridgehead atoms. The van der Waals surface area contributed by atoms with Crippen molar-refractivity contribution in [3.05, 3.63) is 18.0 Å². The van der Waals surface area contributed by atoms with Crippen LogP contribution in [0.15, 0.2) is 12.3 Å². The van der Waals surface area contributed by atoms with Crippen LogP contribution >= 0.6 is 0 Å². The molecule has 0 aliphatic carbocycles. The van der Waals surface area contributed by atoms with Gasteiger partial charge in [-0.05, 0) is 51.1 Å². The summed E-state index contributed by atoms with van der Waals surface area (Å²) in [5.74, 6) is 0. The predicted octanol–water partition coefficient (Wildman–Crippen LogP) is 2.41. The molecule has 4 nitrogen and oxygen atoms in total. The maximum Gasteiger partial charge on any atom is 0.0630 e. The van der Waals surface area contributed by atoms with Crippen molar-refractivity contribution in [1.29, 1.82) is 0 Å². The lowest BCUT2D eigenvalue weighted by Crippen LogP contribution is -2.39. The smallest absolute Gasteiger partial charge is 0.0630 e. The molecule has 0 spiro atoms. The Hall–Kier alpha value is -0.870. The van der Waals surface area contributed by atoms with Crippen molar-refractivity contribution in [3.8, 4) is 0 Å². The summed E-state index contributed by atoms with van der Waals surface area (Å²) in [4.78, 5) is 0. The van der Waals surface area contributed by atoms with E-state index in [-0.39, 0.29) is 0 Å². The van der Waals surface area contributed by atoms with Crippen LogP contribution in [0.25, 0.3) is 0 Å². The molecule has 1 aliphatic heterocycles. The highest BCUT2D eigenvalue weighted by atomic mass is 16.5. The third-order valence-electron chi connectivity index (χ3n) is 4.37. The first kappa shape index (κ1) is 14.5. The van der Waals surface area contributed by atoms with E-state index in [2.05, 4.69) is 36.1 Å². The molecule has 0 aromatic carbocycles. The normalized spacial score (nSPS) is 20.4. The molecule has 2 rings (SSSR count). The van der Waals surface area contributed by atoms with Gasteiger partial charge in [0.1, 0.15) is 0 Å².